The van der Waals surface area contributed by atoms with Crippen molar-refractivity contribution in [1.82, 2.24) is 10.2 Å². The zero-order chi connectivity index (χ0) is 19.3. The number of nitrogens with zero attached hydrogens (tertiary/aromatic N) is 2. The summed E-state index contributed by atoms with van der Waals surface area (Å²) in [7, 11) is 0. The van der Waals surface area contributed by atoms with Crippen LogP contribution in [0.25, 0.3) is 0 Å². The van der Waals surface area contributed by atoms with Crippen molar-refractivity contribution < 1.29 is 14.4 Å². The zero-order valence-corrected chi connectivity index (χ0v) is 15.8. The summed E-state index contributed by atoms with van der Waals surface area (Å²) in [5.41, 5.74) is 2.59. The van der Waals surface area contributed by atoms with E-state index in [4.69, 9.17) is 0 Å². The van der Waals surface area contributed by atoms with Crippen molar-refractivity contribution in [3.05, 3.63) is 42.0 Å². The lowest BCUT2D eigenvalue weighted by Gasteiger charge is -2.31. The number of hydrogen-bond donors (Lipinski definition) is 1. The average Bonchev–Trinajstić information content (AvgIpc) is 3.38. The molecule has 6 nitrogen and oxygen atoms in total. The van der Waals surface area contributed by atoms with Crippen molar-refractivity contribution in [2.24, 2.45) is 23.7 Å². The lowest BCUT2D eigenvalue weighted by molar-refractivity contribution is -0.144. The number of rotatable bonds is 5. The molecule has 0 spiro atoms. The van der Waals surface area contributed by atoms with Crippen LogP contribution in [0.5, 0.6) is 0 Å². The minimum Gasteiger partial charge on any atom is -0.370 e. The predicted octanol–water partition coefficient (Wildman–Crippen LogP) is 1.36. The third kappa shape index (κ3) is 2.74. The van der Waals surface area contributed by atoms with Crippen LogP contribution in [0.15, 0.2) is 36.4 Å². The van der Waals surface area contributed by atoms with Gasteiger partial charge in [0.2, 0.25) is 17.7 Å². The maximum atomic E-state index is 12.7. The van der Waals surface area contributed by atoms with E-state index < -0.39 is 0 Å². The van der Waals surface area contributed by atoms with Crippen molar-refractivity contribution in [3.8, 4) is 0 Å². The molecule has 2 aliphatic carbocycles. The molecule has 1 aromatic carbocycles. The highest BCUT2D eigenvalue weighted by Gasteiger charge is 2.59. The minimum atomic E-state index is -0.257. The fourth-order valence-corrected chi connectivity index (χ4v) is 5.49. The molecule has 2 heterocycles. The van der Waals surface area contributed by atoms with Gasteiger partial charge in [-0.25, -0.2) is 0 Å². The normalized spacial score (nSPS) is 30.0. The Labute approximate surface area is 164 Å². The fraction of sp³-hybridized carbons (Fsp3) is 0.500. The zero-order valence-electron chi connectivity index (χ0n) is 15.8. The molecule has 5 rings (SSSR count). The number of benzene rings is 1. The molecule has 6 heteroatoms. The van der Waals surface area contributed by atoms with E-state index in [-0.39, 0.29) is 47.9 Å². The number of aryl methyl sites for hydroxylation is 1. The van der Waals surface area contributed by atoms with Crippen LogP contribution in [0.2, 0.25) is 0 Å². The molecule has 1 saturated carbocycles. The van der Waals surface area contributed by atoms with Crippen molar-refractivity contribution in [3.63, 3.8) is 0 Å². The number of hydrogen-bond acceptors (Lipinski definition) is 4. The molecule has 1 aromatic rings. The molecule has 0 unspecified atom stereocenters. The molecule has 2 bridgehead atoms. The van der Waals surface area contributed by atoms with Crippen LogP contribution in [-0.4, -0.2) is 48.8 Å². The summed E-state index contributed by atoms with van der Waals surface area (Å²) in [5.74, 6) is -0.691. The van der Waals surface area contributed by atoms with E-state index in [9.17, 15) is 14.4 Å². The van der Waals surface area contributed by atoms with Gasteiger partial charge in [0.25, 0.3) is 0 Å². The average molecular weight is 379 g/mol. The number of fused-ring (bicyclic) bond motifs is 6. The Balaban J connectivity index is 1.15. The van der Waals surface area contributed by atoms with Crippen molar-refractivity contribution in [2.75, 3.05) is 31.1 Å². The van der Waals surface area contributed by atoms with E-state index in [2.05, 4.69) is 40.6 Å². The first-order valence-electron chi connectivity index (χ1n) is 10.3. The number of nitrogens with one attached hydrogen (secondary N) is 1. The van der Waals surface area contributed by atoms with Crippen LogP contribution >= 0.6 is 0 Å². The monoisotopic (exact) mass is 379 g/mol. The molecule has 2 fully saturated rings. The van der Waals surface area contributed by atoms with E-state index in [1.165, 1.54) is 16.2 Å². The Morgan fingerprint density at radius 3 is 2.54 bits per heavy atom. The first-order valence-corrected chi connectivity index (χ1v) is 10.3. The molecular weight excluding hydrogens is 354 g/mol. The van der Waals surface area contributed by atoms with Gasteiger partial charge in [-0.05, 0) is 42.7 Å². The van der Waals surface area contributed by atoms with Gasteiger partial charge in [-0.1, -0.05) is 30.4 Å². The second-order valence-corrected chi connectivity index (χ2v) is 8.33. The number of likely N-dealkylation sites (tertiary alicyclic amines) is 1. The number of para-hydroxylation sites is 1. The largest absolute Gasteiger partial charge is 0.370 e. The van der Waals surface area contributed by atoms with Gasteiger partial charge in [0.15, 0.2) is 0 Å². The molecule has 3 amide bonds. The van der Waals surface area contributed by atoms with Crippen LogP contribution in [0.1, 0.15) is 18.4 Å². The Bertz CT molecular complexity index is 834. The van der Waals surface area contributed by atoms with Gasteiger partial charge in [0.05, 0.1) is 11.8 Å². The van der Waals surface area contributed by atoms with Gasteiger partial charge < -0.3 is 10.2 Å². The molecule has 1 saturated heterocycles. The van der Waals surface area contributed by atoms with E-state index in [1.807, 2.05) is 6.07 Å². The maximum Gasteiger partial charge on any atom is 0.240 e. The molecule has 4 atom stereocenters. The number of carbonyl (C=O) groups excluding carboxylic acids is 3. The van der Waals surface area contributed by atoms with E-state index in [0.717, 1.165) is 32.4 Å². The van der Waals surface area contributed by atoms with Crippen molar-refractivity contribution >= 4 is 23.4 Å². The van der Waals surface area contributed by atoms with E-state index in [1.54, 1.807) is 0 Å². The highest BCUT2D eigenvalue weighted by molar-refractivity contribution is 6.08. The highest BCUT2D eigenvalue weighted by atomic mass is 16.2. The number of imide groups is 1. The van der Waals surface area contributed by atoms with Gasteiger partial charge in [0, 0.05) is 25.3 Å². The topological polar surface area (TPSA) is 69.7 Å². The molecule has 28 heavy (non-hydrogen) atoms. The predicted molar refractivity (Wildman–Crippen MR) is 104 cm³/mol. The summed E-state index contributed by atoms with van der Waals surface area (Å²) in [4.78, 5) is 41.2. The Hall–Kier alpha value is -2.63. The van der Waals surface area contributed by atoms with Crippen LogP contribution in [0.4, 0.5) is 5.69 Å². The molecule has 146 valence electrons. The summed E-state index contributed by atoms with van der Waals surface area (Å²) < 4.78 is 0. The van der Waals surface area contributed by atoms with Gasteiger partial charge in [0.1, 0.15) is 6.54 Å². The number of anilines is 1. The van der Waals surface area contributed by atoms with Crippen LogP contribution in [-0.2, 0) is 20.8 Å². The second-order valence-electron chi connectivity index (χ2n) is 8.33. The van der Waals surface area contributed by atoms with Gasteiger partial charge in [-0.15, -0.1) is 0 Å². The Morgan fingerprint density at radius 2 is 1.79 bits per heavy atom. The van der Waals surface area contributed by atoms with E-state index in [0.29, 0.717) is 6.54 Å². The molecule has 4 aliphatic rings. The Morgan fingerprint density at radius 1 is 1.07 bits per heavy atom. The van der Waals surface area contributed by atoms with Crippen molar-refractivity contribution in [1.29, 1.82) is 0 Å². The van der Waals surface area contributed by atoms with E-state index >= 15 is 0 Å². The first kappa shape index (κ1) is 17.5. The summed E-state index contributed by atoms with van der Waals surface area (Å²) in [6.07, 6.45) is 7.25. The van der Waals surface area contributed by atoms with Crippen LogP contribution in [0, 0.1) is 23.7 Å². The highest BCUT2D eigenvalue weighted by Crippen LogP contribution is 2.52. The third-order valence-corrected chi connectivity index (χ3v) is 6.77. The quantitative estimate of drug-likeness (QED) is 0.620. The number of carbonyl (C=O) groups is 3. The minimum absolute atomic E-state index is 0.152. The lowest BCUT2D eigenvalue weighted by Crippen LogP contribution is -2.44. The van der Waals surface area contributed by atoms with Crippen molar-refractivity contribution in [2.45, 2.75) is 19.3 Å². The standard InChI is InChI=1S/C22H25N3O3/c26-18(23-9-11-24-10-3-5-14-4-1-2-6-17(14)24)13-25-21(27)19-15-7-8-16(12-15)20(19)22(25)28/h1-2,4,6-8,15-16,19-20H,3,5,9-13H2,(H,23,26)/t15-,16-,19-,20-/m0/s1. The van der Waals surface area contributed by atoms with Gasteiger partial charge in [-0.2, -0.15) is 0 Å². The first-order chi connectivity index (χ1) is 13.6. The lowest BCUT2D eigenvalue weighted by atomic mass is 9.85. The molecule has 2 aliphatic heterocycles. The summed E-state index contributed by atoms with van der Waals surface area (Å²) >= 11 is 0. The summed E-state index contributed by atoms with van der Waals surface area (Å²) in [6.45, 7) is 2.06. The number of amides is 3. The van der Waals surface area contributed by atoms with Crippen LogP contribution in [0.3, 0.4) is 0 Å². The Kier molecular flexibility index (Phi) is 4.22. The summed E-state index contributed by atoms with van der Waals surface area (Å²) in [6, 6.07) is 8.38. The summed E-state index contributed by atoms with van der Waals surface area (Å²) in [5, 5.41) is 2.89. The fourth-order valence-electron chi connectivity index (χ4n) is 5.49. The third-order valence-electron chi connectivity index (χ3n) is 6.77. The van der Waals surface area contributed by atoms with Crippen LogP contribution < -0.4 is 10.2 Å². The second kappa shape index (κ2) is 6.76. The number of allylic oxidation sites excluding steroid dienone is 2. The molecule has 0 aromatic heterocycles. The smallest absolute Gasteiger partial charge is 0.240 e. The molecule has 1 N–H and O–H groups in total. The maximum absolute atomic E-state index is 12.7. The van der Waals surface area contributed by atoms with Gasteiger partial charge in [-0.3, -0.25) is 19.3 Å². The molecular formula is C22H25N3O3. The molecule has 0 radical (unpaired) electrons. The van der Waals surface area contributed by atoms with Gasteiger partial charge >= 0.3 is 0 Å². The SMILES string of the molecule is O=C(CN1C(=O)[C@@H]2[C@@H](C1=O)[C@H]1C=C[C@H]2C1)NCCN1CCCc2ccccc21.